The molecule has 0 aromatic rings. The van der Waals surface area contributed by atoms with Gasteiger partial charge in [0.15, 0.2) is 0 Å². The Morgan fingerprint density at radius 2 is 1.82 bits per heavy atom. The van der Waals surface area contributed by atoms with E-state index in [-0.39, 0.29) is 41.4 Å². The fourth-order valence-corrected chi connectivity index (χ4v) is 5.39. The van der Waals surface area contributed by atoms with Crippen LogP contribution in [-0.4, -0.2) is 72.2 Å². The molecule has 6 atom stereocenters. The van der Waals surface area contributed by atoms with Gasteiger partial charge in [0.25, 0.3) is 0 Å². The maximum absolute atomic E-state index is 13.0. The minimum Gasteiger partial charge on any atom is -0.354 e. The summed E-state index contributed by atoms with van der Waals surface area (Å²) in [7, 11) is 0. The fourth-order valence-electron chi connectivity index (χ4n) is 5.39. The van der Waals surface area contributed by atoms with E-state index in [9.17, 15) is 14.4 Å². The highest BCUT2D eigenvalue weighted by atomic mass is 16.2. The van der Waals surface area contributed by atoms with Crippen molar-refractivity contribution < 1.29 is 14.4 Å². The Hall–Kier alpha value is -1.71. The number of carbonyl (C=O) groups is 3. The molecule has 0 saturated carbocycles. The molecule has 5 aliphatic rings. The van der Waals surface area contributed by atoms with Gasteiger partial charge in [-0.3, -0.25) is 29.9 Å². The van der Waals surface area contributed by atoms with E-state index in [0.717, 1.165) is 51.6 Å². The second-order valence-corrected chi connectivity index (χ2v) is 9.13. The number of nitrogens with zero attached hydrogens (tertiary/aromatic N) is 1. The number of nitrogens with one attached hydrogen (secondary N) is 5. The Bertz CT molecular complexity index is 695. The van der Waals surface area contributed by atoms with Gasteiger partial charge in [-0.2, -0.15) is 0 Å². The monoisotopic (exact) mass is 390 g/mol. The standard InChI is InChI=1S/C19H30N6O3/c26-15-7-13(21-11-22-15)12-3-1-6-19(17(28)20-8-12)10-25(19)14-4-2-5-18(9-23-18)16(27)24-14/h12-14,21,23H,1-11H2,(H,20,28)(H,22,26)(H,24,27). The van der Waals surface area contributed by atoms with Crippen LogP contribution in [0.2, 0.25) is 0 Å². The quantitative estimate of drug-likeness (QED) is 0.360. The molecule has 0 aliphatic carbocycles. The molecule has 28 heavy (non-hydrogen) atoms. The number of carbonyl (C=O) groups excluding carboxylic acids is 3. The first-order valence-corrected chi connectivity index (χ1v) is 10.6. The second-order valence-electron chi connectivity index (χ2n) is 9.13. The van der Waals surface area contributed by atoms with Crippen LogP contribution in [0.25, 0.3) is 0 Å². The zero-order valence-corrected chi connectivity index (χ0v) is 16.2. The first kappa shape index (κ1) is 18.3. The molecule has 5 rings (SSSR count). The van der Waals surface area contributed by atoms with Crippen molar-refractivity contribution in [2.24, 2.45) is 5.92 Å². The normalized spacial score (nSPS) is 46.1. The zero-order chi connectivity index (χ0) is 19.4. The zero-order valence-electron chi connectivity index (χ0n) is 16.2. The molecule has 5 aliphatic heterocycles. The molecular formula is C19H30N6O3. The molecular weight excluding hydrogens is 360 g/mol. The molecule has 0 aromatic heterocycles. The first-order chi connectivity index (χ1) is 13.5. The van der Waals surface area contributed by atoms with Crippen LogP contribution < -0.4 is 26.6 Å². The number of rotatable bonds is 2. The predicted molar refractivity (Wildman–Crippen MR) is 101 cm³/mol. The summed E-state index contributed by atoms with van der Waals surface area (Å²) in [5, 5.41) is 15.7. The van der Waals surface area contributed by atoms with E-state index in [1.807, 2.05) is 0 Å². The highest BCUT2D eigenvalue weighted by Crippen LogP contribution is 2.43. The lowest BCUT2D eigenvalue weighted by atomic mass is 9.86. The van der Waals surface area contributed by atoms with Crippen LogP contribution in [0, 0.1) is 5.92 Å². The summed E-state index contributed by atoms with van der Waals surface area (Å²) < 4.78 is 0. The van der Waals surface area contributed by atoms with Crippen molar-refractivity contribution >= 4 is 17.7 Å². The highest BCUT2D eigenvalue weighted by Gasteiger charge is 2.62. The summed E-state index contributed by atoms with van der Waals surface area (Å²) in [5.74, 6) is 0.521. The molecule has 2 spiro atoms. The molecule has 0 bridgehead atoms. The lowest BCUT2D eigenvalue weighted by Crippen LogP contribution is -2.55. The average molecular weight is 390 g/mol. The fraction of sp³-hybridized carbons (Fsp3) is 0.842. The van der Waals surface area contributed by atoms with Crippen molar-refractivity contribution in [1.82, 2.24) is 31.5 Å². The first-order valence-electron chi connectivity index (χ1n) is 10.6. The van der Waals surface area contributed by atoms with Crippen LogP contribution in [0.4, 0.5) is 0 Å². The average Bonchev–Trinajstić information content (AvgIpc) is 3.57. The van der Waals surface area contributed by atoms with Crippen LogP contribution >= 0.6 is 0 Å². The number of hydrogen-bond donors (Lipinski definition) is 5. The van der Waals surface area contributed by atoms with E-state index >= 15 is 0 Å². The largest absolute Gasteiger partial charge is 0.354 e. The van der Waals surface area contributed by atoms with Crippen molar-refractivity contribution in [1.29, 1.82) is 0 Å². The maximum Gasteiger partial charge on any atom is 0.242 e. The number of hydrogen-bond acceptors (Lipinski definition) is 6. The lowest BCUT2D eigenvalue weighted by Gasteiger charge is -2.34. The minimum atomic E-state index is -0.464. The summed E-state index contributed by atoms with van der Waals surface area (Å²) in [6, 6.07) is 0.127. The van der Waals surface area contributed by atoms with Crippen molar-refractivity contribution in [3.05, 3.63) is 0 Å². The Kier molecular flexibility index (Phi) is 4.37. The van der Waals surface area contributed by atoms with Gasteiger partial charge in [-0.1, -0.05) is 6.42 Å². The Balaban J connectivity index is 1.21. The van der Waals surface area contributed by atoms with Gasteiger partial charge < -0.3 is 16.0 Å². The van der Waals surface area contributed by atoms with Gasteiger partial charge >= 0.3 is 0 Å². The van der Waals surface area contributed by atoms with Crippen LogP contribution in [-0.2, 0) is 14.4 Å². The number of amides is 3. The summed E-state index contributed by atoms with van der Waals surface area (Å²) >= 11 is 0. The van der Waals surface area contributed by atoms with E-state index in [1.54, 1.807) is 0 Å². The van der Waals surface area contributed by atoms with Crippen molar-refractivity contribution in [2.75, 3.05) is 26.3 Å². The van der Waals surface area contributed by atoms with Crippen LogP contribution in [0.5, 0.6) is 0 Å². The Morgan fingerprint density at radius 3 is 2.61 bits per heavy atom. The van der Waals surface area contributed by atoms with E-state index in [4.69, 9.17) is 0 Å². The van der Waals surface area contributed by atoms with Gasteiger partial charge in [-0.25, -0.2) is 0 Å². The van der Waals surface area contributed by atoms with E-state index in [0.29, 0.717) is 19.6 Å². The molecule has 9 heteroatoms. The third kappa shape index (κ3) is 3.09. The highest BCUT2D eigenvalue weighted by molar-refractivity contribution is 5.92. The SMILES string of the molecule is O=C1CC(C2CCCC3(CN3C3CCCC4(CN4)C(=O)N3)C(=O)NC2)NCN1. The van der Waals surface area contributed by atoms with E-state index in [2.05, 4.69) is 31.5 Å². The van der Waals surface area contributed by atoms with Gasteiger partial charge in [0.1, 0.15) is 11.1 Å². The summed E-state index contributed by atoms with van der Waals surface area (Å²) in [5.41, 5.74) is -0.803. The third-order valence-electron chi connectivity index (χ3n) is 7.41. The van der Waals surface area contributed by atoms with Gasteiger partial charge in [0.05, 0.1) is 12.8 Å². The van der Waals surface area contributed by atoms with E-state index in [1.165, 1.54) is 0 Å². The Morgan fingerprint density at radius 1 is 1.00 bits per heavy atom. The molecule has 5 heterocycles. The smallest absolute Gasteiger partial charge is 0.242 e. The van der Waals surface area contributed by atoms with Crippen molar-refractivity contribution in [2.45, 2.75) is 68.2 Å². The molecule has 9 nitrogen and oxygen atoms in total. The molecule has 5 N–H and O–H groups in total. The van der Waals surface area contributed by atoms with Crippen molar-refractivity contribution in [3.63, 3.8) is 0 Å². The van der Waals surface area contributed by atoms with Gasteiger partial charge in [0, 0.05) is 32.1 Å². The molecule has 5 saturated heterocycles. The minimum absolute atomic E-state index is 0.0426. The van der Waals surface area contributed by atoms with Gasteiger partial charge in [0.2, 0.25) is 17.7 Å². The summed E-state index contributed by atoms with van der Waals surface area (Å²) in [4.78, 5) is 39.4. The second kappa shape index (κ2) is 6.67. The lowest BCUT2D eigenvalue weighted by molar-refractivity contribution is -0.128. The predicted octanol–water partition coefficient (Wildman–Crippen LogP) is -1.64. The summed E-state index contributed by atoms with van der Waals surface area (Å²) in [6.07, 6.45) is 5.96. The van der Waals surface area contributed by atoms with Crippen LogP contribution in [0.15, 0.2) is 0 Å². The molecule has 6 unspecified atom stereocenters. The van der Waals surface area contributed by atoms with Gasteiger partial charge in [-0.15, -0.1) is 0 Å². The van der Waals surface area contributed by atoms with Gasteiger partial charge in [-0.05, 0) is 38.0 Å². The van der Waals surface area contributed by atoms with Crippen molar-refractivity contribution in [3.8, 4) is 0 Å². The van der Waals surface area contributed by atoms with Crippen LogP contribution in [0.3, 0.4) is 0 Å². The molecule has 154 valence electrons. The molecule has 0 radical (unpaired) electrons. The summed E-state index contributed by atoms with van der Waals surface area (Å²) in [6.45, 7) is 2.59. The topological polar surface area (TPSA) is 124 Å². The third-order valence-corrected chi connectivity index (χ3v) is 7.41. The Labute approximate surface area is 164 Å². The molecule has 0 aromatic carbocycles. The molecule has 5 fully saturated rings. The maximum atomic E-state index is 13.0. The van der Waals surface area contributed by atoms with Crippen LogP contribution in [0.1, 0.15) is 44.9 Å². The van der Waals surface area contributed by atoms with E-state index < -0.39 is 5.54 Å². The molecule has 3 amide bonds.